The number of anilines is 2. The van der Waals surface area contributed by atoms with E-state index in [1.165, 1.54) is 70.5 Å². The molecule has 83 heavy (non-hydrogen) atoms. The van der Waals surface area contributed by atoms with Crippen LogP contribution in [0.2, 0.25) is 0 Å². The Morgan fingerprint density at radius 1 is 0.542 bits per heavy atom. The van der Waals surface area contributed by atoms with Gasteiger partial charge in [0.2, 0.25) is 11.8 Å². The first-order valence-corrected chi connectivity index (χ1v) is 26.3. The standard InChI is InChI=1S/C57H44F12N4O8S2/c58-54(59,60)48-35(17-21-46(74)72-23-26-78-27-24-72)15-19-44(50(48)56(64,65)66)82-41-13-5-9-38(30-41)70-52(76)80-33-34-7-4-8-37(29-34)43-32-73(25-28-79-43)47(75)22-18-36-16-20-45(51(57(67,68)69)49(36)55(61,62)63)83-42-14-6-10-39(31-42)71-53(77)81-40-11-2-1-3-12-40/h1-22,29-31,43H,23-28,32-33H2,(H,70,76)(H,71,77)/b21-17+,22-18+. The van der Waals surface area contributed by atoms with E-state index in [0.29, 0.717) is 46.8 Å². The van der Waals surface area contributed by atoms with Gasteiger partial charge in [0.15, 0.2) is 0 Å². The molecular weight excluding hydrogens is 1160 g/mol. The minimum absolute atomic E-state index is 0.000896. The Labute approximate surface area is 473 Å². The normalized spacial score (nSPS) is 15.3. The van der Waals surface area contributed by atoms with Gasteiger partial charge in [-0.15, -0.1) is 0 Å². The van der Waals surface area contributed by atoms with Gasteiger partial charge in [0.1, 0.15) is 18.5 Å². The smallest absolute Gasteiger partial charge is 0.418 e. The van der Waals surface area contributed by atoms with E-state index in [2.05, 4.69) is 10.6 Å². The molecule has 436 valence electrons. The molecule has 0 spiro atoms. The number of ether oxygens (including phenoxy) is 4. The summed E-state index contributed by atoms with van der Waals surface area (Å²) in [6, 6.07) is 28.1. The molecule has 0 saturated carbocycles. The first kappa shape index (κ1) is 61.1. The molecule has 0 aromatic heterocycles. The Morgan fingerprint density at radius 2 is 1.04 bits per heavy atom. The summed E-state index contributed by atoms with van der Waals surface area (Å²) < 4.78 is 197. The molecule has 2 fully saturated rings. The van der Waals surface area contributed by atoms with E-state index in [1.54, 1.807) is 42.5 Å². The second kappa shape index (κ2) is 26.1. The number of nitrogens with zero attached hydrogens (tertiary/aromatic N) is 2. The van der Waals surface area contributed by atoms with Crippen LogP contribution in [0.15, 0.2) is 159 Å². The molecule has 26 heteroatoms. The molecular formula is C57H44F12N4O8S2. The molecule has 1 unspecified atom stereocenters. The zero-order valence-corrected chi connectivity index (χ0v) is 44.3. The van der Waals surface area contributed by atoms with E-state index in [0.717, 1.165) is 36.4 Å². The van der Waals surface area contributed by atoms with Crippen LogP contribution in [0.25, 0.3) is 12.2 Å². The lowest BCUT2D eigenvalue weighted by Crippen LogP contribution is -2.41. The average Bonchev–Trinajstić information content (AvgIpc) is 2.26. The number of nitrogens with one attached hydrogen (secondary N) is 2. The maximum atomic E-state index is 14.7. The number of halogens is 12. The van der Waals surface area contributed by atoms with Crippen molar-refractivity contribution in [3.63, 3.8) is 0 Å². The van der Waals surface area contributed by atoms with Crippen LogP contribution >= 0.6 is 23.5 Å². The van der Waals surface area contributed by atoms with Crippen LogP contribution in [-0.2, 0) is 55.1 Å². The number of hydrogen-bond donors (Lipinski definition) is 2. The maximum Gasteiger partial charge on any atom is 0.418 e. The zero-order chi connectivity index (χ0) is 59.7. The Bertz CT molecular complexity index is 3410. The van der Waals surface area contributed by atoms with Gasteiger partial charge in [0.05, 0.1) is 48.6 Å². The summed E-state index contributed by atoms with van der Waals surface area (Å²) in [5, 5.41) is 4.83. The van der Waals surface area contributed by atoms with Gasteiger partial charge < -0.3 is 28.7 Å². The molecule has 2 aliphatic heterocycles. The number of hydrogen-bond acceptors (Lipinski definition) is 10. The molecule has 0 bridgehead atoms. The molecule has 6 aromatic rings. The van der Waals surface area contributed by atoms with E-state index < -0.39 is 98.0 Å². The topological polar surface area (TPSA) is 136 Å². The number of amides is 4. The molecule has 8 rings (SSSR count). The van der Waals surface area contributed by atoms with Gasteiger partial charge >= 0.3 is 36.9 Å². The predicted molar refractivity (Wildman–Crippen MR) is 281 cm³/mol. The number of alkyl halides is 12. The molecule has 2 N–H and O–H groups in total. The fraction of sp³-hybridized carbons (Fsp3) is 0.228. The predicted octanol–water partition coefficient (Wildman–Crippen LogP) is 14.9. The quantitative estimate of drug-likeness (QED) is 0.0801. The fourth-order valence-electron chi connectivity index (χ4n) is 8.64. The minimum Gasteiger partial charge on any atom is -0.444 e. The Kier molecular flexibility index (Phi) is 19.2. The van der Waals surface area contributed by atoms with E-state index >= 15 is 0 Å². The van der Waals surface area contributed by atoms with E-state index in [1.807, 2.05) is 0 Å². The second-order valence-corrected chi connectivity index (χ2v) is 20.3. The van der Waals surface area contributed by atoms with Crippen molar-refractivity contribution in [2.75, 3.05) is 56.6 Å². The number of morpholine rings is 2. The molecule has 6 aromatic carbocycles. The molecule has 2 saturated heterocycles. The van der Waals surface area contributed by atoms with Crippen molar-refractivity contribution < 1.29 is 90.8 Å². The molecule has 0 aliphatic carbocycles. The molecule has 1 atom stereocenters. The second-order valence-electron chi connectivity index (χ2n) is 18.1. The Morgan fingerprint density at radius 3 is 1.57 bits per heavy atom. The Balaban J connectivity index is 0.899. The maximum absolute atomic E-state index is 14.7. The third-order valence-electron chi connectivity index (χ3n) is 12.3. The summed E-state index contributed by atoms with van der Waals surface area (Å²) in [5.74, 6) is -1.35. The van der Waals surface area contributed by atoms with Crippen molar-refractivity contribution in [1.82, 2.24) is 9.80 Å². The van der Waals surface area contributed by atoms with Crippen LogP contribution in [-0.4, -0.2) is 79.8 Å². The van der Waals surface area contributed by atoms with Crippen LogP contribution < -0.4 is 15.4 Å². The average molecular weight is 1210 g/mol. The summed E-state index contributed by atoms with van der Waals surface area (Å²) in [4.78, 5) is 52.4. The van der Waals surface area contributed by atoms with Crippen LogP contribution in [0.4, 0.5) is 73.6 Å². The van der Waals surface area contributed by atoms with E-state index in [-0.39, 0.29) is 79.5 Å². The van der Waals surface area contributed by atoms with Gasteiger partial charge in [0.25, 0.3) is 0 Å². The summed E-state index contributed by atoms with van der Waals surface area (Å²) in [6.07, 6.45) is -22.1. The lowest BCUT2D eigenvalue weighted by Gasteiger charge is -2.32. The van der Waals surface area contributed by atoms with Gasteiger partial charge in [-0.3, -0.25) is 20.2 Å². The number of para-hydroxylation sites is 1. The third-order valence-corrected chi connectivity index (χ3v) is 14.4. The first-order chi connectivity index (χ1) is 39.3. The monoisotopic (exact) mass is 1200 g/mol. The Hall–Kier alpha value is -7.94. The van der Waals surface area contributed by atoms with Crippen molar-refractivity contribution >= 4 is 71.1 Å². The highest BCUT2D eigenvalue weighted by molar-refractivity contribution is 7.99. The fourth-order valence-corrected chi connectivity index (χ4v) is 10.7. The summed E-state index contributed by atoms with van der Waals surface area (Å²) in [7, 11) is 0. The molecule has 0 radical (unpaired) electrons. The highest BCUT2D eigenvalue weighted by atomic mass is 32.2. The van der Waals surface area contributed by atoms with Crippen molar-refractivity contribution in [2.24, 2.45) is 0 Å². The molecule has 2 aliphatic rings. The largest absolute Gasteiger partial charge is 0.444 e. The SMILES string of the molecule is O=C(Nc1cccc(Sc2ccc(/C=C/C(=O)N3CCOCC3)c(C(F)(F)F)c2C(F)(F)F)c1)OCc1cccc(C2CN(C(=O)/C=C/c3ccc(Sc4cccc(NC(=O)Oc5ccccc5)c4)c(C(F)(F)F)c3C(F)(F)F)CCO2)c1. The lowest BCUT2D eigenvalue weighted by atomic mass is 9.99. The molecule has 2 heterocycles. The molecule has 4 amide bonds. The lowest BCUT2D eigenvalue weighted by molar-refractivity contribution is -0.163. The zero-order valence-electron chi connectivity index (χ0n) is 42.7. The van der Waals surface area contributed by atoms with Gasteiger partial charge in [0, 0.05) is 62.7 Å². The van der Waals surface area contributed by atoms with Crippen LogP contribution in [0, 0.1) is 0 Å². The summed E-state index contributed by atoms with van der Waals surface area (Å²) in [5.41, 5.74) is -8.88. The number of rotatable bonds is 14. The van der Waals surface area contributed by atoms with Crippen LogP contribution in [0.3, 0.4) is 0 Å². The highest BCUT2D eigenvalue weighted by Gasteiger charge is 2.48. The first-order valence-electron chi connectivity index (χ1n) is 24.7. The van der Waals surface area contributed by atoms with Gasteiger partial charge in [-0.2, -0.15) is 52.7 Å². The van der Waals surface area contributed by atoms with Crippen LogP contribution in [0.1, 0.15) is 50.6 Å². The summed E-state index contributed by atoms with van der Waals surface area (Å²) in [6.45, 7) is 0.0509. The van der Waals surface area contributed by atoms with E-state index in [4.69, 9.17) is 18.9 Å². The van der Waals surface area contributed by atoms with Gasteiger partial charge in [-0.25, -0.2) is 9.59 Å². The van der Waals surface area contributed by atoms with E-state index in [9.17, 15) is 71.9 Å². The molecule has 12 nitrogen and oxygen atoms in total. The van der Waals surface area contributed by atoms with Crippen molar-refractivity contribution in [2.45, 2.75) is 57.0 Å². The van der Waals surface area contributed by atoms with Crippen molar-refractivity contribution in [3.8, 4) is 5.75 Å². The minimum atomic E-state index is -5.55. The summed E-state index contributed by atoms with van der Waals surface area (Å²) >= 11 is 0.713. The number of benzene rings is 6. The van der Waals surface area contributed by atoms with Crippen molar-refractivity contribution in [1.29, 1.82) is 0 Å². The van der Waals surface area contributed by atoms with Crippen molar-refractivity contribution in [3.05, 3.63) is 184 Å². The third kappa shape index (κ3) is 16.4. The number of carbonyl (C=O) groups excluding carboxylic acids is 4. The van der Waals surface area contributed by atoms with Gasteiger partial charge in [-0.05, 0) is 101 Å². The highest BCUT2D eigenvalue weighted by Crippen LogP contribution is 2.50. The van der Waals surface area contributed by atoms with Gasteiger partial charge in [-0.1, -0.05) is 84.2 Å². The van der Waals surface area contributed by atoms with Crippen LogP contribution in [0.5, 0.6) is 5.75 Å². The number of carbonyl (C=O) groups is 4.